The highest BCUT2D eigenvalue weighted by atomic mass is 32.2. The van der Waals surface area contributed by atoms with Gasteiger partial charge in [0.25, 0.3) is 0 Å². The summed E-state index contributed by atoms with van der Waals surface area (Å²) in [6.45, 7) is 5.93. The van der Waals surface area contributed by atoms with Gasteiger partial charge in [0.05, 0.1) is 0 Å². The fraction of sp³-hybridized carbons (Fsp3) is 0.269. The van der Waals surface area contributed by atoms with Crippen molar-refractivity contribution in [1.82, 2.24) is 10.1 Å². The number of benzene rings is 2. The minimum atomic E-state index is -3.64. The molecule has 0 saturated carbocycles. The van der Waals surface area contributed by atoms with E-state index in [2.05, 4.69) is 15.9 Å². The number of sulfone groups is 1. The first-order valence-corrected chi connectivity index (χ1v) is 13.0. The molecule has 4 rings (SSSR count). The van der Waals surface area contributed by atoms with Gasteiger partial charge in [-0.3, -0.25) is 0 Å². The van der Waals surface area contributed by atoms with Crippen LogP contribution in [-0.2, 0) is 14.6 Å². The third kappa shape index (κ3) is 5.53. The van der Waals surface area contributed by atoms with Gasteiger partial charge in [-0.2, -0.15) is 4.98 Å². The Bertz CT molecular complexity index is 1430. The van der Waals surface area contributed by atoms with Crippen LogP contribution in [0.15, 0.2) is 75.7 Å². The van der Waals surface area contributed by atoms with Crippen molar-refractivity contribution in [3.8, 4) is 17.1 Å². The molecule has 0 N–H and O–H groups in total. The summed E-state index contributed by atoms with van der Waals surface area (Å²) >= 11 is 0. The van der Waals surface area contributed by atoms with Crippen molar-refractivity contribution in [1.29, 1.82) is 0 Å². The summed E-state index contributed by atoms with van der Waals surface area (Å²) in [6.07, 6.45) is 4.33. The summed E-state index contributed by atoms with van der Waals surface area (Å²) in [6, 6.07) is 11.3. The number of hydrogen-bond acceptors (Lipinski definition) is 7. The molecule has 3 aromatic rings. The van der Waals surface area contributed by atoms with Crippen LogP contribution in [0.1, 0.15) is 44.6 Å². The molecule has 0 fully saturated rings. The van der Waals surface area contributed by atoms with Gasteiger partial charge >= 0.3 is 0 Å². The van der Waals surface area contributed by atoms with Crippen LogP contribution in [0.25, 0.3) is 17.0 Å². The Hall–Kier alpha value is -3.68. The SMILES string of the molecule is CCC(Oc1ccc(-c2noc(C(C)C)n2)cc1)C1=C=CC(c2ccc(S(C)(=O)=O)c(F)c2)=CO1. The van der Waals surface area contributed by atoms with Crippen LogP contribution in [0.3, 0.4) is 0 Å². The van der Waals surface area contributed by atoms with Crippen molar-refractivity contribution in [3.63, 3.8) is 0 Å². The molecule has 9 heteroatoms. The summed E-state index contributed by atoms with van der Waals surface area (Å²) in [7, 11) is -3.64. The molecule has 1 atom stereocenters. The number of rotatable bonds is 8. The Kier molecular flexibility index (Phi) is 6.91. The summed E-state index contributed by atoms with van der Waals surface area (Å²) in [4.78, 5) is 4.05. The maximum Gasteiger partial charge on any atom is 0.229 e. The van der Waals surface area contributed by atoms with E-state index in [9.17, 15) is 12.8 Å². The lowest BCUT2D eigenvalue weighted by Crippen LogP contribution is -2.19. The Balaban J connectivity index is 1.47. The van der Waals surface area contributed by atoms with Gasteiger partial charge in [-0.25, -0.2) is 12.8 Å². The van der Waals surface area contributed by atoms with Crippen molar-refractivity contribution < 1.29 is 26.8 Å². The first-order chi connectivity index (χ1) is 16.7. The second kappa shape index (κ2) is 9.90. The minimum absolute atomic E-state index is 0.154. The number of aromatic nitrogens is 2. The quantitative estimate of drug-likeness (QED) is 0.371. The minimum Gasteiger partial charge on any atom is -0.482 e. The van der Waals surface area contributed by atoms with E-state index >= 15 is 0 Å². The Morgan fingerprint density at radius 2 is 1.83 bits per heavy atom. The largest absolute Gasteiger partial charge is 0.482 e. The molecular formula is C26H25FN2O5S. The van der Waals surface area contributed by atoms with Crippen molar-refractivity contribution in [2.45, 2.75) is 44.1 Å². The van der Waals surface area contributed by atoms with Gasteiger partial charge < -0.3 is 14.0 Å². The predicted octanol–water partition coefficient (Wildman–Crippen LogP) is 5.67. The van der Waals surface area contributed by atoms with Crippen LogP contribution in [0.4, 0.5) is 4.39 Å². The van der Waals surface area contributed by atoms with Crippen LogP contribution in [-0.4, -0.2) is 30.9 Å². The molecule has 0 saturated heterocycles. The molecule has 0 spiro atoms. The van der Waals surface area contributed by atoms with Crippen LogP contribution >= 0.6 is 0 Å². The van der Waals surface area contributed by atoms with Crippen LogP contribution in [0, 0.1) is 5.82 Å². The van der Waals surface area contributed by atoms with Crippen molar-refractivity contribution in [2.75, 3.05) is 6.26 Å². The molecule has 1 aliphatic rings. The maximum atomic E-state index is 14.3. The van der Waals surface area contributed by atoms with Gasteiger partial charge in [0.1, 0.15) is 22.7 Å². The van der Waals surface area contributed by atoms with E-state index in [0.29, 0.717) is 40.8 Å². The van der Waals surface area contributed by atoms with Gasteiger partial charge in [-0.05, 0) is 54.5 Å². The average molecular weight is 497 g/mol. The fourth-order valence-electron chi connectivity index (χ4n) is 3.40. The van der Waals surface area contributed by atoms with E-state index in [1.807, 2.05) is 45.0 Å². The van der Waals surface area contributed by atoms with E-state index in [-0.39, 0.29) is 10.8 Å². The highest BCUT2D eigenvalue weighted by molar-refractivity contribution is 7.90. The Morgan fingerprint density at radius 1 is 1.11 bits per heavy atom. The number of ether oxygens (including phenoxy) is 2. The van der Waals surface area contributed by atoms with Crippen molar-refractivity contribution in [3.05, 3.63) is 83.6 Å². The molecular weight excluding hydrogens is 471 g/mol. The van der Waals surface area contributed by atoms with E-state index < -0.39 is 21.8 Å². The molecule has 1 aromatic heterocycles. The lowest BCUT2D eigenvalue weighted by molar-refractivity contribution is 0.162. The molecule has 0 radical (unpaired) electrons. The molecule has 1 unspecified atom stereocenters. The zero-order chi connectivity index (χ0) is 25.2. The molecule has 2 aromatic carbocycles. The normalized spacial score (nSPS) is 14.3. The number of hydrogen-bond donors (Lipinski definition) is 0. The Labute approximate surface area is 203 Å². The summed E-state index contributed by atoms with van der Waals surface area (Å²) < 4.78 is 54.6. The first kappa shape index (κ1) is 24.4. The number of nitrogens with zero attached hydrogens (tertiary/aromatic N) is 2. The number of halogens is 1. The topological polar surface area (TPSA) is 91.5 Å². The molecule has 35 heavy (non-hydrogen) atoms. The second-order valence-electron chi connectivity index (χ2n) is 8.41. The van der Waals surface area contributed by atoms with Crippen molar-refractivity contribution >= 4 is 15.4 Å². The predicted molar refractivity (Wildman–Crippen MR) is 129 cm³/mol. The van der Waals surface area contributed by atoms with Crippen molar-refractivity contribution in [2.24, 2.45) is 0 Å². The molecule has 0 aliphatic carbocycles. The molecule has 7 nitrogen and oxygen atoms in total. The van der Waals surface area contributed by atoms with Gasteiger partial charge in [0.15, 0.2) is 21.7 Å². The molecule has 2 heterocycles. The van der Waals surface area contributed by atoms with Gasteiger partial charge in [-0.1, -0.05) is 37.7 Å². The van der Waals surface area contributed by atoms with E-state index in [0.717, 1.165) is 17.9 Å². The van der Waals surface area contributed by atoms with Crippen LogP contribution in [0.5, 0.6) is 5.75 Å². The lowest BCUT2D eigenvalue weighted by atomic mass is 10.1. The molecule has 1 aliphatic heterocycles. The van der Waals surface area contributed by atoms with Crippen LogP contribution in [0.2, 0.25) is 0 Å². The zero-order valence-corrected chi connectivity index (χ0v) is 20.6. The van der Waals surface area contributed by atoms with Gasteiger partial charge in [0, 0.05) is 23.3 Å². The standard InChI is InChI=1S/C26H25FN2O5S/c1-5-22(33-20-10-6-17(7-11-20)25-28-26(16(2)3)34-29-25)23-12-8-19(15-32-23)18-9-13-24(21(27)14-18)35(4,30)31/h6-11,13-16,22H,5H2,1-4H3. The molecule has 0 bridgehead atoms. The third-order valence-corrected chi connectivity index (χ3v) is 6.47. The third-order valence-electron chi connectivity index (χ3n) is 5.34. The van der Waals surface area contributed by atoms with Crippen LogP contribution < -0.4 is 4.74 Å². The molecule has 0 amide bonds. The summed E-state index contributed by atoms with van der Waals surface area (Å²) in [5, 5.41) is 4.02. The van der Waals surface area contributed by atoms with E-state index in [1.165, 1.54) is 18.4 Å². The monoisotopic (exact) mass is 496 g/mol. The summed E-state index contributed by atoms with van der Waals surface area (Å²) in [5.74, 6) is 1.57. The first-order valence-electron chi connectivity index (χ1n) is 11.1. The zero-order valence-electron chi connectivity index (χ0n) is 19.8. The maximum absolute atomic E-state index is 14.3. The highest BCUT2D eigenvalue weighted by Crippen LogP contribution is 2.28. The molecule has 182 valence electrons. The summed E-state index contributed by atoms with van der Waals surface area (Å²) in [5.41, 5.74) is 4.91. The number of allylic oxidation sites excluding steroid dienone is 1. The fourth-order valence-corrected chi connectivity index (χ4v) is 4.13. The Morgan fingerprint density at radius 3 is 2.37 bits per heavy atom. The highest BCUT2D eigenvalue weighted by Gasteiger charge is 2.20. The lowest BCUT2D eigenvalue weighted by Gasteiger charge is -2.20. The second-order valence-corrected chi connectivity index (χ2v) is 10.4. The average Bonchev–Trinajstić information content (AvgIpc) is 3.33. The van der Waals surface area contributed by atoms with E-state index in [4.69, 9.17) is 14.0 Å². The smallest absolute Gasteiger partial charge is 0.229 e. The van der Waals surface area contributed by atoms with E-state index in [1.54, 1.807) is 6.08 Å². The van der Waals surface area contributed by atoms with Gasteiger partial charge in [0.2, 0.25) is 11.7 Å². The van der Waals surface area contributed by atoms with Gasteiger partial charge in [-0.15, -0.1) is 0 Å².